The summed E-state index contributed by atoms with van der Waals surface area (Å²) in [6.07, 6.45) is 0. The minimum Gasteiger partial charge on any atom is -0.206 e. The highest BCUT2D eigenvalue weighted by molar-refractivity contribution is 9.13. The fraction of sp³-hybridized carbons (Fsp3) is 0.0909. The highest BCUT2D eigenvalue weighted by Gasteiger charge is 2.18. The van der Waals surface area contributed by atoms with Crippen molar-refractivity contribution in [3.05, 3.63) is 48.4 Å². The number of hydrogen-bond acceptors (Lipinski definition) is 3. The van der Waals surface area contributed by atoms with Crippen molar-refractivity contribution < 1.29 is 12.8 Å². The quantitative estimate of drug-likeness (QED) is 0.654. The third-order valence-electron chi connectivity index (χ3n) is 2.34. The van der Waals surface area contributed by atoms with Crippen LogP contribution in [0.5, 0.6) is 0 Å². The second kappa shape index (κ2) is 6.53. The van der Waals surface area contributed by atoms with E-state index in [-0.39, 0.29) is 16.6 Å². The van der Waals surface area contributed by atoms with Crippen molar-refractivity contribution >= 4 is 69.1 Å². The number of halogens is 4. The molecule has 0 saturated heterocycles. The lowest BCUT2D eigenvalue weighted by Crippen LogP contribution is -2.22. The minimum absolute atomic E-state index is 0.0916. The lowest BCUT2D eigenvalue weighted by Gasteiger charge is -2.05. The number of rotatable bonds is 4. The Morgan fingerprint density at radius 2 is 1.85 bits per heavy atom. The molecule has 0 bridgehead atoms. The van der Waals surface area contributed by atoms with Crippen LogP contribution in [-0.2, 0) is 16.6 Å². The van der Waals surface area contributed by atoms with E-state index < -0.39 is 10.0 Å². The van der Waals surface area contributed by atoms with Gasteiger partial charge in [-0.2, -0.15) is 0 Å². The van der Waals surface area contributed by atoms with Crippen LogP contribution in [0.1, 0.15) is 5.56 Å². The molecule has 20 heavy (non-hydrogen) atoms. The van der Waals surface area contributed by atoms with Gasteiger partial charge in [0.15, 0.2) is 0 Å². The van der Waals surface area contributed by atoms with Crippen LogP contribution in [0, 0.1) is 5.82 Å². The Kier molecular flexibility index (Phi) is 5.41. The Balaban J connectivity index is 2.15. The fourth-order valence-corrected chi connectivity index (χ4v) is 5.67. The van der Waals surface area contributed by atoms with E-state index in [9.17, 15) is 12.8 Å². The Bertz CT molecular complexity index is 727. The van der Waals surface area contributed by atoms with Crippen LogP contribution in [0.2, 0.25) is 0 Å². The van der Waals surface area contributed by atoms with E-state index in [1.54, 1.807) is 0 Å². The number of thiophene rings is 1. The molecule has 1 aromatic heterocycles. The van der Waals surface area contributed by atoms with Gasteiger partial charge < -0.3 is 0 Å². The molecule has 1 N–H and O–H groups in total. The second-order valence-electron chi connectivity index (χ2n) is 3.76. The average Bonchev–Trinajstić information content (AvgIpc) is 2.72. The van der Waals surface area contributed by atoms with E-state index >= 15 is 0 Å². The van der Waals surface area contributed by atoms with Gasteiger partial charge in [-0.25, -0.2) is 17.5 Å². The first-order chi connectivity index (χ1) is 9.29. The molecule has 0 spiro atoms. The summed E-state index contributed by atoms with van der Waals surface area (Å²) in [5.74, 6) is -0.386. The summed E-state index contributed by atoms with van der Waals surface area (Å²) in [5.41, 5.74) is 0.663. The van der Waals surface area contributed by atoms with Crippen molar-refractivity contribution in [2.45, 2.75) is 10.8 Å². The van der Waals surface area contributed by atoms with Gasteiger partial charge in [0.1, 0.15) is 10.0 Å². The van der Waals surface area contributed by atoms with Gasteiger partial charge in [0, 0.05) is 11.0 Å². The van der Waals surface area contributed by atoms with Crippen LogP contribution in [0.25, 0.3) is 0 Å². The maximum absolute atomic E-state index is 13.1. The normalized spacial score (nSPS) is 11.8. The van der Waals surface area contributed by atoms with E-state index in [2.05, 4.69) is 52.5 Å². The minimum atomic E-state index is -3.58. The number of sulfonamides is 1. The van der Waals surface area contributed by atoms with Gasteiger partial charge in [-0.15, -0.1) is 11.3 Å². The summed E-state index contributed by atoms with van der Waals surface area (Å²) < 4.78 is 41.7. The van der Waals surface area contributed by atoms with Crippen LogP contribution >= 0.6 is 59.1 Å². The molecule has 1 heterocycles. The maximum Gasteiger partial charge on any atom is 0.250 e. The predicted molar refractivity (Wildman–Crippen MR) is 87.8 cm³/mol. The van der Waals surface area contributed by atoms with Crippen LogP contribution in [0.3, 0.4) is 0 Å². The lowest BCUT2D eigenvalue weighted by atomic mass is 10.2. The van der Waals surface area contributed by atoms with Crippen molar-refractivity contribution in [2.24, 2.45) is 0 Å². The maximum atomic E-state index is 13.1. The highest BCUT2D eigenvalue weighted by Crippen LogP contribution is 2.34. The molecule has 0 saturated carbocycles. The molecule has 9 heteroatoms. The van der Waals surface area contributed by atoms with E-state index in [1.807, 2.05) is 0 Å². The summed E-state index contributed by atoms with van der Waals surface area (Å²) in [6, 6.07) is 5.88. The molecule has 0 amide bonds. The zero-order valence-electron chi connectivity index (χ0n) is 9.66. The molecule has 2 aromatic rings. The second-order valence-corrected chi connectivity index (χ2v) is 9.83. The molecular formula is C11H7Br3FNO2S2. The van der Waals surface area contributed by atoms with Crippen LogP contribution in [0.15, 0.2) is 41.2 Å². The van der Waals surface area contributed by atoms with Crippen molar-refractivity contribution in [3.8, 4) is 0 Å². The van der Waals surface area contributed by atoms with Crippen molar-refractivity contribution in [2.75, 3.05) is 0 Å². The SMILES string of the molecule is O=S(=O)(NCc1ccc(F)c(Br)c1)c1cc(Br)c(Br)s1. The largest absolute Gasteiger partial charge is 0.250 e. The molecule has 0 atom stereocenters. The summed E-state index contributed by atoms with van der Waals surface area (Å²) in [6.45, 7) is 0.0916. The van der Waals surface area contributed by atoms with E-state index in [1.165, 1.54) is 24.3 Å². The van der Waals surface area contributed by atoms with Crippen LogP contribution < -0.4 is 4.72 Å². The first kappa shape index (κ1) is 16.6. The first-order valence-corrected chi connectivity index (χ1v) is 9.86. The molecule has 0 radical (unpaired) electrons. The lowest BCUT2D eigenvalue weighted by molar-refractivity contribution is 0.583. The van der Waals surface area contributed by atoms with Crippen LogP contribution in [0.4, 0.5) is 4.39 Å². The summed E-state index contributed by atoms with van der Waals surface area (Å²) in [4.78, 5) is 0. The number of nitrogens with one attached hydrogen (secondary N) is 1. The van der Waals surface area contributed by atoms with Gasteiger partial charge in [-0.1, -0.05) is 6.07 Å². The standard InChI is InChI=1S/C11H7Br3FNO2S2/c12-7-3-6(1-2-9(7)15)5-16-20(17,18)10-4-8(13)11(14)19-10/h1-4,16H,5H2. The van der Waals surface area contributed by atoms with E-state index in [4.69, 9.17) is 0 Å². The molecular weight excluding hydrogens is 501 g/mol. The molecule has 3 nitrogen and oxygen atoms in total. The van der Waals surface area contributed by atoms with E-state index in [0.717, 1.165) is 11.3 Å². The third-order valence-corrected chi connectivity index (χ3v) is 8.08. The molecule has 1 aromatic carbocycles. The van der Waals surface area contributed by atoms with Gasteiger partial charge in [0.2, 0.25) is 10.0 Å². The van der Waals surface area contributed by atoms with Crippen LogP contribution in [-0.4, -0.2) is 8.42 Å². The topological polar surface area (TPSA) is 46.2 Å². The highest BCUT2D eigenvalue weighted by atomic mass is 79.9. The zero-order valence-corrected chi connectivity index (χ0v) is 16.1. The number of hydrogen-bond donors (Lipinski definition) is 1. The predicted octanol–water partition coefficient (Wildman–Crippen LogP) is 4.65. The average molecular weight is 508 g/mol. The smallest absolute Gasteiger partial charge is 0.206 e. The van der Waals surface area contributed by atoms with Gasteiger partial charge >= 0.3 is 0 Å². The molecule has 0 fully saturated rings. The third kappa shape index (κ3) is 3.89. The Morgan fingerprint density at radius 1 is 1.15 bits per heavy atom. The van der Waals surface area contributed by atoms with Crippen molar-refractivity contribution in [1.29, 1.82) is 0 Å². The molecule has 0 unspecified atom stereocenters. The van der Waals surface area contributed by atoms with E-state index in [0.29, 0.717) is 18.3 Å². The molecule has 108 valence electrons. The van der Waals surface area contributed by atoms with Gasteiger partial charge in [-0.05, 0) is 71.6 Å². The fourth-order valence-electron chi connectivity index (χ4n) is 1.36. The summed E-state index contributed by atoms with van der Waals surface area (Å²) in [7, 11) is -3.58. The Labute approximate surface area is 145 Å². The monoisotopic (exact) mass is 505 g/mol. The Hall–Kier alpha value is 0.200. The summed E-state index contributed by atoms with van der Waals surface area (Å²) >= 11 is 10.7. The van der Waals surface area contributed by atoms with Crippen molar-refractivity contribution in [1.82, 2.24) is 4.72 Å². The molecule has 0 aliphatic heterocycles. The molecule has 0 aliphatic rings. The number of benzene rings is 1. The Morgan fingerprint density at radius 3 is 2.40 bits per heavy atom. The summed E-state index contributed by atoms with van der Waals surface area (Å²) in [5, 5.41) is 0. The zero-order chi connectivity index (χ0) is 14.9. The van der Waals surface area contributed by atoms with Crippen molar-refractivity contribution in [3.63, 3.8) is 0 Å². The van der Waals surface area contributed by atoms with Gasteiger partial charge in [0.05, 0.1) is 8.26 Å². The van der Waals surface area contributed by atoms with Gasteiger partial charge in [0.25, 0.3) is 0 Å². The molecule has 0 aliphatic carbocycles. The molecule has 2 rings (SSSR count). The van der Waals surface area contributed by atoms with Gasteiger partial charge in [-0.3, -0.25) is 0 Å². The first-order valence-electron chi connectivity index (χ1n) is 5.18.